The van der Waals surface area contributed by atoms with Gasteiger partial charge in [-0.15, -0.1) is 0 Å². The summed E-state index contributed by atoms with van der Waals surface area (Å²) in [5.74, 6) is -1.07. The lowest BCUT2D eigenvalue weighted by Gasteiger charge is -2.10. The van der Waals surface area contributed by atoms with Crippen LogP contribution in [0.3, 0.4) is 0 Å². The minimum Gasteiger partial charge on any atom is -0.488 e. The topological polar surface area (TPSA) is 89.0 Å². The summed E-state index contributed by atoms with van der Waals surface area (Å²) in [7, 11) is 1.57. The van der Waals surface area contributed by atoms with Crippen LogP contribution in [-0.2, 0) is 20.9 Å². The van der Waals surface area contributed by atoms with Crippen molar-refractivity contribution in [1.29, 1.82) is 0 Å². The van der Waals surface area contributed by atoms with Gasteiger partial charge < -0.3 is 14.8 Å². The van der Waals surface area contributed by atoms with E-state index in [2.05, 4.69) is 15.8 Å². The molecule has 0 fully saturated rings. The number of carbonyl (C=O) groups excluding carboxylic acids is 2. The van der Waals surface area contributed by atoms with E-state index in [1.54, 1.807) is 25.3 Å². The van der Waals surface area contributed by atoms with Crippen LogP contribution < -0.4 is 15.5 Å². The molecule has 2 rings (SSSR count). The molecule has 0 aliphatic carbocycles. The third kappa shape index (κ3) is 7.93. The van der Waals surface area contributed by atoms with E-state index in [1.807, 2.05) is 31.2 Å². The van der Waals surface area contributed by atoms with Gasteiger partial charge in [-0.3, -0.25) is 9.59 Å². The van der Waals surface area contributed by atoms with Crippen LogP contribution >= 0.6 is 11.6 Å². The highest BCUT2D eigenvalue weighted by molar-refractivity contribution is 6.35. The number of methoxy groups -OCH3 is 1. The Labute approximate surface area is 175 Å². The molecule has 2 N–H and O–H groups in total. The van der Waals surface area contributed by atoms with Crippen LogP contribution in [-0.4, -0.2) is 38.3 Å². The number of nitrogens with zero attached hydrogens (tertiary/aromatic N) is 1. The monoisotopic (exact) mass is 417 g/mol. The minimum atomic E-state index is -0.859. The van der Waals surface area contributed by atoms with E-state index in [-0.39, 0.29) is 0 Å². The van der Waals surface area contributed by atoms with E-state index >= 15 is 0 Å². The fraction of sp³-hybridized carbons (Fsp3) is 0.286. The zero-order valence-electron chi connectivity index (χ0n) is 16.4. The van der Waals surface area contributed by atoms with Crippen LogP contribution in [0.5, 0.6) is 5.75 Å². The summed E-state index contributed by atoms with van der Waals surface area (Å²) in [4.78, 5) is 23.4. The van der Waals surface area contributed by atoms with Crippen molar-refractivity contribution in [1.82, 2.24) is 10.7 Å². The number of halogens is 1. The molecule has 7 nitrogen and oxygen atoms in total. The summed E-state index contributed by atoms with van der Waals surface area (Å²) < 4.78 is 10.7. The molecule has 2 aromatic carbocycles. The van der Waals surface area contributed by atoms with Crippen molar-refractivity contribution in [3.05, 3.63) is 64.2 Å². The number of carbonyl (C=O) groups is 2. The molecule has 0 spiro atoms. The SMILES string of the molecule is COCCCNC(=O)C(=O)N/N=C\c1cc(Cl)ccc1OCc1ccc(C)cc1. The molecule has 0 bridgehead atoms. The van der Waals surface area contributed by atoms with Crippen LogP contribution in [0.1, 0.15) is 23.1 Å². The molecule has 0 saturated heterocycles. The van der Waals surface area contributed by atoms with E-state index in [9.17, 15) is 9.59 Å². The number of hydrogen-bond donors (Lipinski definition) is 2. The Kier molecular flexibility index (Phi) is 9.14. The van der Waals surface area contributed by atoms with E-state index in [4.69, 9.17) is 21.1 Å². The second kappa shape index (κ2) is 11.8. The maximum absolute atomic E-state index is 11.8. The molecule has 8 heteroatoms. The van der Waals surface area contributed by atoms with Crippen molar-refractivity contribution in [2.75, 3.05) is 20.3 Å². The van der Waals surface area contributed by atoms with Crippen LogP contribution in [0.2, 0.25) is 5.02 Å². The lowest BCUT2D eigenvalue weighted by Crippen LogP contribution is -2.38. The third-order valence-corrected chi connectivity index (χ3v) is 4.11. The Bertz CT molecular complexity index is 854. The maximum Gasteiger partial charge on any atom is 0.329 e. The van der Waals surface area contributed by atoms with Gasteiger partial charge in [0, 0.05) is 30.8 Å². The molecular weight excluding hydrogens is 394 g/mol. The molecule has 2 amide bonds. The van der Waals surface area contributed by atoms with Crippen LogP contribution in [0, 0.1) is 6.92 Å². The smallest absolute Gasteiger partial charge is 0.329 e. The Morgan fingerprint density at radius 1 is 1.14 bits per heavy atom. The Hall–Kier alpha value is -2.90. The van der Waals surface area contributed by atoms with Crippen molar-refractivity contribution in [3.8, 4) is 5.75 Å². The molecule has 0 radical (unpaired) electrons. The van der Waals surface area contributed by atoms with Gasteiger partial charge in [0.25, 0.3) is 0 Å². The number of amides is 2. The zero-order chi connectivity index (χ0) is 21.1. The molecule has 2 aromatic rings. The average molecular weight is 418 g/mol. The average Bonchev–Trinajstić information content (AvgIpc) is 2.71. The standard InChI is InChI=1S/C21H24ClN3O4/c1-15-4-6-16(7-5-15)14-29-19-9-8-18(22)12-17(19)13-24-25-21(27)20(26)23-10-3-11-28-2/h4-9,12-13H,3,10-11,14H2,1-2H3,(H,23,26)(H,25,27)/b24-13-. The molecule has 0 heterocycles. The molecule has 0 aromatic heterocycles. The molecule has 0 saturated carbocycles. The number of nitrogens with one attached hydrogen (secondary N) is 2. The zero-order valence-corrected chi connectivity index (χ0v) is 17.2. The van der Waals surface area contributed by atoms with Gasteiger partial charge in [0.05, 0.1) is 6.21 Å². The van der Waals surface area contributed by atoms with Crippen molar-refractivity contribution < 1.29 is 19.1 Å². The largest absolute Gasteiger partial charge is 0.488 e. The highest BCUT2D eigenvalue weighted by Crippen LogP contribution is 2.22. The fourth-order valence-electron chi connectivity index (χ4n) is 2.31. The molecule has 0 aliphatic rings. The Morgan fingerprint density at radius 3 is 2.62 bits per heavy atom. The van der Waals surface area contributed by atoms with Crippen molar-refractivity contribution in [2.24, 2.45) is 5.10 Å². The van der Waals surface area contributed by atoms with Crippen LogP contribution in [0.15, 0.2) is 47.6 Å². The highest BCUT2D eigenvalue weighted by atomic mass is 35.5. The number of benzene rings is 2. The first-order chi connectivity index (χ1) is 14.0. The number of ether oxygens (including phenoxy) is 2. The van der Waals surface area contributed by atoms with E-state index in [1.165, 1.54) is 11.8 Å². The van der Waals surface area contributed by atoms with Gasteiger partial charge in [0.15, 0.2) is 0 Å². The van der Waals surface area contributed by atoms with E-state index in [0.29, 0.717) is 42.5 Å². The summed E-state index contributed by atoms with van der Waals surface area (Å²) in [5.41, 5.74) is 4.95. The predicted molar refractivity (Wildman–Crippen MR) is 112 cm³/mol. The first kappa shape index (κ1) is 22.4. The van der Waals surface area contributed by atoms with E-state index in [0.717, 1.165) is 5.56 Å². The van der Waals surface area contributed by atoms with Crippen molar-refractivity contribution >= 4 is 29.6 Å². The van der Waals surface area contributed by atoms with Gasteiger partial charge in [0.2, 0.25) is 0 Å². The van der Waals surface area contributed by atoms with Gasteiger partial charge >= 0.3 is 11.8 Å². The van der Waals surface area contributed by atoms with Crippen LogP contribution in [0.4, 0.5) is 0 Å². The summed E-state index contributed by atoms with van der Waals surface area (Å²) >= 11 is 6.05. The quantitative estimate of drug-likeness (QED) is 0.284. The van der Waals surface area contributed by atoms with E-state index < -0.39 is 11.8 Å². The molecule has 29 heavy (non-hydrogen) atoms. The minimum absolute atomic E-state index is 0.342. The fourth-order valence-corrected chi connectivity index (χ4v) is 2.49. The maximum atomic E-state index is 11.8. The lowest BCUT2D eigenvalue weighted by atomic mass is 10.1. The molecule has 0 unspecified atom stereocenters. The second-order valence-corrected chi connectivity index (χ2v) is 6.69. The van der Waals surface area contributed by atoms with Gasteiger partial charge in [-0.25, -0.2) is 5.43 Å². The Morgan fingerprint density at radius 2 is 1.90 bits per heavy atom. The van der Waals surface area contributed by atoms with Gasteiger partial charge in [-0.05, 0) is 37.1 Å². The summed E-state index contributed by atoms with van der Waals surface area (Å²) in [6.07, 6.45) is 2.00. The predicted octanol–water partition coefficient (Wildman–Crippen LogP) is 2.83. The summed E-state index contributed by atoms with van der Waals surface area (Å²) in [5, 5.41) is 6.80. The molecule has 0 aliphatic heterocycles. The summed E-state index contributed by atoms with van der Waals surface area (Å²) in [6, 6.07) is 13.1. The molecular formula is C21H24ClN3O4. The van der Waals surface area contributed by atoms with Crippen LogP contribution in [0.25, 0.3) is 0 Å². The lowest BCUT2D eigenvalue weighted by molar-refractivity contribution is -0.139. The summed E-state index contributed by atoms with van der Waals surface area (Å²) in [6.45, 7) is 3.24. The van der Waals surface area contributed by atoms with Crippen molar-refractivity contribution in [3.63, 3.8) is 0 Å². The first-order valence-corrected chi connectivity index (χ1v) is 9.45. The molecule has 154 valence electrons. The number of hydrogen-bond acceptors (Lipinski definition) is 5. The number of rotatable bonds is 9. The normalized spacial score (nSPS) is 10.7. The molecule has 0 atom stereocenters. The van der Waals surface area contributed by atoms with Crippen molar-refractivity contribution in [2.45, 2.75) is 20.0 Å². The van der Waals surface area contributed by atoms with Gasteiger partial charge in [0.1, 0.15) is 12.4 Å². The van der Waals surface area contributed by atoms with Gasteiger partial charge in [-0.1, -0.05) is 41.4 Å². The third-order valence-electron chi connectivity index (χ3n) is 3.87. The first-order valence-electron chi connectivity index (χ1n) is 9.07. The number of aryl methyl sites for hydroxylation is 1. The second-order valence-electron chi connectivity index (χ2n) is 6.26. The number of hydrazone groups is 1. The highest BCUT2D eigenvalue weighted by Gasteiger charge is 2.11. The Balaban J connectivity index is 1.93. The van der Waals surface area contributed by atoms with Gasteiger partial charge in [-0.2, -0.15) is 5.10 Å².